The van der Waals surface area contributed by atoms with Crippen LogP contribution in [0.2, 0.25) is 0 Å². The van der Waals surface area contributed by atoms with Crippen molar-refractivity contribution in [2.45, 2.75) is 50.0 Å². The summed E-state index contributed by atoms with van der Waals surface area (Å²) in [7, 11) is -3.57. The molecule has 5 nitrogen and oxygen atoms in total. The molecule has 2 aromatic carbocycles. The monoisotopic (exact) mass is 436 g/mol. The molecule has 0 N–H and O–H groups in total. The first-order valence-corrected chi connectivity index (χ1v) is 12.6. The van der Waals surface area contributed by atoms with Crippen LogP contribution in [0.4, 0.5) is 5.69 Å². The number of rotatable bonds is 4. The summed E-state index contributed by atoms with van der Waals surface area (Å²) < 4.78 is 28.2. The number of hydrogen-bond acceptors (Lipinski definition) is 3. The summed E-state index contributed by atoms with van der Waals surface area (Å²) in [6, 6.07) is 15.5. The second-order valence-electron chi connectivity index (χ2n) is 8.89. The standard InChI is InChI=1S/C25H28N2O3S/c1-18-16-22-17-23(10-11-24(22)27(18)25(28)21-8-5-9-21)31(29,30)26-14-12-20(13-15-26)19-6-3-2-4-7-19/h2-4,6-7,10-12,17-18,21H,5,8-9,13-16H2,1H3. The lowest BCUT2D eigenvalue weighted by atomic mass is 9.84. The lowest BCUT2D eigenvalue weighted by molar-refractivity contribution is -0.125. The van der Waals surface area contributed by atoms with Gasteiger partial charge in [-0.15, -0.1) is 0 Å². The van der Waals surface area contributed by atoms with Crippen molar-refractivity contribution < 1.29 is 13.2 Å². The number of carbonyl (C=O) groups is 1. The third-order valence-corrected chi connectivity index (χ3v) is 8.77. The third kappa shape index (κ3) is 3.62. The van der Waals surface area contributed by atoms with Gasteiger partial charge in [-0.3, -0.25) is 4.79 Å². The second kappa shape index (κ2) is 7.92. The average Bonchev–Trinajstić information content (AvgIpc) is 3.08. The van der Waals surface area contributed by atoms with E-state index in [-0.39, 0.29) is 17.9 Å². The zero-order chi connectivity index (χ0) is 21.6. The number of anilines is 1. The molecule has 1 unspecified atom stereocenters. The van der Waals surface area contributed by atoms with E-state index in [4.69, 9.17) is 0 Å². The fourth-order valence-corrected chi connectivity index (χ4v) is 6.32. The van der Waals surface area contributed by atoms with Gasteiger partial charge in [0.05, 0.1) is 4.90 Å². The Morgan fingerprint density at radius 3 is 2.48 bits per heavy atom. The van der Waals surface area contributed by atoms with Gasteiger partial charge in [-0.05, 0) is 67.5 Å². The molecule has 6 heteroatoms. The van der Waals surface area contributed by atoms with Gasteiger partial charge in [0.15, 0.2) is 0 Å². The van der Waals surface area contributed by atoms with Crippen LogP contribution in [0.5, 0.6) is 0 Å². The minimum Gasteiger partial charge on any atom is -0.309 e. The van der Waals surface area contributed by atoms with Crippen molar-refractivity contribution in [2.75, 3.05) is 18.0 Å². The molecule has 0 spiro atoms. The topological polar surface area (TPSA) is 57.7 Å². The van der Waals surface area contributed by atoms with Crippen LogP contribution >= 0.6 is 0 Å². The van der Waals surface area contributed by atoms with Crippen LogP contribution in [-0.2, 0) is 21.2 Å². The Hall–Kier alpha value is -2.44. The van der Waals surface area contributed by atoms with Gasteiger partial charge >= 0.3 is 0 Å². The van der Waals surface area contributed by atoms with Crippen molar-refractivity contribution >= 4 is 27.2 Å². The number of carbonyl (C=O) groups excluding carboxylic acids is 1. The molecule has 0 radical (unpaired) electrons. The molecule has 5 rings (SSSR count). The van der Waals surface area contributed by atoms with Crippen molar-refractivity contribution in [1.29, 1.82) is 0 Å². The van der Waals surface area contributed by atoms with E-state index in [0.29, 0.717) is 30.8 Å². The summed E-state index contributed by atoms with van der Waals surface area (Å²) in [5, 5.41) is 0. The maximum Gasteiger partial charge on any atom is 0.243 e. The number of nitrogens with zero attached hydrogens (tertiary/aromatic N) is 2. The summed E-state index contributed by atoms with van der Waals surface area (Å²) in [6.45, 7) is 2.90. The van der Waals surface area contributed by atoms with Crippen molar-refractivity contribution in [3.63, 3.8) is 0 Å². The Labute approximate surface area is 184 Å². The van der Waals surface area contributed by atoms with E-state index in [9.17, 15) is 13.2 Å². The van der Waals surface area contributed by atoms with Crippen molar-refractivity contribution in [2.24, 2.45) is 5.92 Å². The molecule has 1 saturated carbocycles. The van der Waals surface area contributed by atoms with Gasteiger partial charge in [0.2, 0.25) is 15.9 Å². The fraction of sp³-hybridized carbons (Fsp3) is 0.400. The number of hydrogen-bond donors (Lipinski definition) is 0. The lowest BCUT2D eigenvalue weighted by Gasteiger charge is -2.32. The zero-order valence-electron chi connectivity index (χ0n) is 17.8. The quantitative estimate of drug-likeness (QED) is 0.720. The highest BCUT2D eigenvalue weighted by Gasteiger charge is 2.38. The Balaban J connectivity index is 1.37. The summed E-state index contributed by atoms with van der Waals surface area (Å²) in [4.78, 5) is 15.1. The van der Waals surface area contributed by atoms with Gasteiger partial charge in [0, 0.05) is 30.7 Å². The number of fused-ring (bicyclic) bond motifs is 1. The van der Waals surface area contributed by atoms with Crippen LogP contribution in [0.3, 0.4) is 0 Å². The van der Waals surface area contributed by atoms with E-state index in [1.807, 2.05) is 42.2 Å². The second-order valence-corrected chi connectivity index (χ2v) is 10.8. The summed E-state index contributed by atoms with van der Waals surface area (Å²) in [5.74, 6) is 0.332. The van der Waals surface area contributed by atoms with Crippen LogP contribution in [-0.4, -0.2) is 37.8 Å². The lowest BCUT2D eigenvalue weighted by Crippen LogP contribution is -2.42. The fourth-order valence-electron chi connectivity index (χ4n) is 4.89. The molecule has 162 valence electrons. The van der Waals surface area contributed by atoms with Crippen LogP contribution in [0, 0.1) is 5.92 Å². The van der Waals surface area contributed by atoms with Crippen LogP contribution in [0.25, 0.3) is 5.57 Å². The maximum absolute atomic E-state index is 13.3. The molecule has 3 aliphatic rings. The Morgan fingerprint density at radius 2 is 1.84 bits per heavy atom. The highest BCUT2D eigenvalue weighted by atomic mass is 32.2. The summed E-state index contributed by atoms with van der Waals surface area (Å²) in [6.07, 6.45) is 6.49. The molecule has 2 aliphatic heterocycles. The largest absolute Gasteiger partial charge is 0.309 e. The maximum atomic E-state index is 13.3. The first kappa shape index (κ1) is 20.5. The molecule has 1 aliphatic carbocycles. The highest BCUT2D eigenvalue weighted by Crippen LogP contribution is 2.38. The molecule has 1 amide bonds. The molecule has 0 aromatic heterocycles. The highest BCUT2D eigenvalue weighted by molar-refractivity contribution is 7.89. The summed E-state index contributed by atoms with van der Waals surface area (Å²) in [5.41, 5.74) is 4.19. The van der Waals surface area contributed by atoms with Gasteiger partial charge in [0.1, 0.15) is 0 Å². The van der Waals surface area contributed by atoms with E-state index < -0.39 is 10.0 Å². The molecule has 0 saturated heterocycles. The number of amides is 1. The Bertz CT molecular complexity index is 1140. The summed E-state index contributed by atoms with van der Waals surface area (Å²) >= 11 is 0. The third-order valence-electron chi connectivity index (χ3n) is 6.91. The SMILES string of the molecule is CC1Cc2cc(S(=O)(=O)N3CC=C(c4ccccc4)CC3)ccc2N1C(=O)C1CCC1. The number of benzene rings is 2. The van der Waals surface area contributed by atoms with Gasteiger partial charge in [-0.25, -0.2) is 8.42 Å². The Morgan fingerprint density at radius 1 is 1.06 bits per heavy atom. The van der Waals surface area contributed by atoms with Crippen LogP contribution in [0.1, 0.15) is 43.7 Å². The molecule has 31 heavy (non-hydrogen) atoms. The van der Waals surface area contributed by atoms with Crippen molar-refractivity contribution in [1.82, 2.24) is 4.31 Å². The first-order valence-electron chi connectivity index (χ1n) is 11.2. The number of sulfonamides is 1. The smallest absolute Gasteiger partial charge is 0.243 e. The minimum atomic E-state index is -3.57. The predicted molar refractivity (Wildman–Crippen MR) is 122 cm³/mol. The molecule has 2 heterocycles. The van der Waals surface area contributed by atoms with Crippen LogP contribution in [0.15, 0.2) is 59.5 Å². The van der Waals surface area contributed by atoms with Crippen molar-refractivity contribution in [3.8, 4) is 0 Å². The van der Waals surface area contributed by atoms with E-state index in [2.05, 4.69) is 12.1 Å². The average molecular weight is 437 g/mol. The minimum absolute atomic E-state index is 0.0763. The van der Waals surface area contributed by atoms with Gasteiger partial charge in [-0.2, -0.15) is 4.31 Å². The van der Waals surface area contributed by atoms with Gasteiger partial charge in [-0.1, -0.05) is 42.8 Å². The zero-order valence-corrected chi connectivity index (χ0v) is 18.6. The van der Waals surface area contributed by atoms with E-state index in [1.165, 1.54) is 5.57 Å². The molecule has 1 atom stereocenters. The predicted octanol–water partition coefficient (Wildman–Crippen LogP) is 4.24. The molecule has 1 fully saturated rings. The normalized spacial score (nSPS) is 22.0. The molecule has 2 aromatic rings. The molecular weight excluding hydrogens is 408 g/mol. The van der Waals surface area contributed by atoms with Gasteiger partial charge < -0.3 is 4.90 Å². The Kier molecular flexibility index (Phi) is 5.22. The van der Waals surface area contributed by atoms with E-state index in [1.54, 1.807) is 16.4 Å². The van der Waals surface area contributed by atoms with Gasteiger partial charge in [0.25, 0.3) is 0 Å². The van der Waals surface area contributed by atoms with Crippen molar-refractivity contribution in [3.05, 3.63) is 65.7 Å². The first-order chi connectivity index (χ1) is 14.9. The molecule has 0 bridgehead atoms. The van der Waals surface area contributed by atoms with E-state index in [0.717, 1.165) is 36.1 Å². The van der Waals surface area contributed by atoms with E-state index >= 15 is 0 Å². The van der Waals surface area contributed by atoms with Crippen LogP contribution < -0.4 is 4.90 Å². The molecular formula is C25H28N2O3S.